The number of para-hydroxylation sites is 2. The number of nitrogens with one attached hydrogen (secondary N) is 1. The molecule has 0 saturated heterocycles. The molecule has 0 bridgehead atoms. The number of anilines is 2. The van der Waals surface area contributed by atoms with E-state index < -0.39 is 5.97 Å². The summed E-state index contributed by atoms with van der Waals surface area (Å²) in [6, 6.07) is 25.5. The van der Waals surface area contributed by atoms with Gasteiger partial charge in [-0.2, -0.15) is 0 Å². The van der Waals surface area contributed by atoms with Crippen molar-refractivity contribution >= 4 is 45.6 Å². The number of carbonyl (C=O) groups is 1. The van der Waals surface area contributed by atoms with Crippen LogP contribution in [-0.4, -0.2) is 25.7 Å². The summed E-state index contributed by atoms with van der Waals surface area (Å²) in [5.41, 5.74) is 9.04. The van der Waals surface area contributed by atoms with E-state index in [1.807, 2.05) is 48.5 Å². The van der Waals surface area contributed by atoms with Crippen LogP contribution in [0.2, 0.25) is 0 Å². The molecule has 0 atom stereocenters. The number of esters is 1. The van der Waals surface area contributed by atoms with Crippen LogP contribution in [0.15, 0.2) is 84.9 Å². The molecule has 0 aromatic heterocycles. The molecule has 1 N–H and O–H groups in total. The van der Waals surface area contributed by atoms with Gasteiger partial charge in [-0.25, -0.2) is 4.79 Å². The van der Waals surface area contributed by atoms with Crippen molar-refractivity contribution in [1.29, 1.82) is 0 Å². The van der Waals surface area contributed by atoms with Crippen LogP contribution in [-0.2, 0) is 11.0 Å². The third kappa shape index (κ3) is 5.03. The molecule has 6 rings (SSSR count). The first-order valence-corrected chi connectivity index (χ1v) is 15.0. The van der Waals surface area contributed by atoms with Crippen LogP contribution in [0.4, 0.5) is 11.4 Å². The van der Waals surface area contributed by atoms with Gasteiger partial charge in [-0.15, -0.1) is 0 Å². The maximum absolute atomic E-state index is 12.9. The summed E-state index contributed by atoms with van der Waals surface area (Å²) < 4.78 is 18.2. The standard InChI is InChI=1S/C34H31IN2O4/c1-34(2)18-29-32-26(20-37(29)28-10-5-6-11-30(28)39-3)24(14-15-27(32)36-34)25-13-12-23(17-31(25)40-4)41-33(38)22-9-7-8-21(16-22)19-35/h5-18,36H,19-20H2,1-4H3. The van der Waals surface area contributed by atoms with Gasteiger partial charge in [-0.3, -0.25) is 0 Å². The Morgan fingerprint density at radius 3 is 2.49 bits per heavy atom. The molecule has 0 saturated carbocycles. The normalized spacial score (nSPS) is 14.6. The van der Waals surface area contributed by atoms with Crippen LogP contribution in [0, 0.1) is 0 Å². The Hall–Kier alpha value is -3.98. The molecule has 4 aromatic rings. The van der Waals surface area contributed by atoms with Gasteiger partial charge in [0.2, 0.25) is 0 Å². The third-order valence-electron chi connectivity index (χ3n) is 7.50. The number of halogens is 1. The number of methoxy groups -OCH3 is 2. The van der Waals surface area contributed by atoms with Crippen molar-refractivity contribution in [2.45, 2.75) is 30.4 Å². The fourth-order valence-electron chi connectivity index (χ4n) is 5.69. The molecule has 208 valence electrons. The van der Waals surface area contributed by atoms with Gasteiger partial charge in [0.25, 0.3) is 0 Å². The number of benzene rings is 4. The van der Waals surface area contributed by atoms with Gasteiger partial charge in [-0.05, 0) is 79.1 Å². The van der Waals surface area contributed by atoms with Gasteiger partial charge >= 0.3 is 5.97 Å². The van der Waals surface area contributed by atoms with Gasteiger partial charge < -0.3 is 24.4 Å². The van der Waals surface area contributed by atoms with Crippen LogP contribution in [0.1, 0.15) is 40.9 Å². The van der Waals surface area contributed by atoms with Crippen LogP contribution >= 0.6 is 22.6 Å². The lowest BCUT2D eigenvalue weighted by Gasteiger charge is -2.33. The van der Waals surface area contributed by atoms with Crippen LogP contribution in [0.25, 0.3) is 16.8 Å². The number of hydrogen-bond acceptors (Lipinski definition) is 6. The van der Waals surface area contributed by atoms with Gasteiger partial charge in [0, 0.05) is 39.6 Å². The molecule has 0 spiro atoms. The SMILES string of the molecule is COc1cc(OC(=O)c2cccc(CI)c2)ccc1-c1ccc2c3c1CN(c1ccccc1OC)C3=CC(C)(C)N2. The predicted octanol–water partition coefficient (Wildman–Crippen LogP) is 8.09. The predicted molar refractivity (Wildman–Crippen MR) is 172 cm³/mol. The van der Waals surface area contributed by atoms with Gasteiger partial charge in [-0.1, -0.05) is 52.9 Å². The Bertz CT molecular complexity index is 1690. The zero-order valence-electron chi connectivity index (χ0n) is 23.5. The third-order valence-corrected chi connectivity index (χ3v) is 8.38. The first-order valence-electron chi connectivity index (χ1n) is 13.4. The molecule has 2 aliphatic heterocycles. The van der Waals surface area contributed by atoms with E-state index in [1.165, 1.54) is 11.1 Å². The fraction of sp³-hybridized carbons (Fsp3) is 0.206. The Balaban J connectivity index is 1.40. The zero-order valence-corrected chi connectivity index (χ0v) is 25.6. The molecular weight excluding hydrogens is 627 g/mol. The molecule has 6 nitrogen and oxygen atoms in total. The molecule has 0 amide bonds. The monoisotopic (exact) mass is 658 g/mol. The largest absolute Gasteiger partial charge is 0.496 e. The summed E-state index contributed by atoms with van der Waals surface area (Å²) in [5.74, 6) is 1.51. The first-order chi connectivity index (χ1) is 19.8. The molecule has 0 radical (unpaired) electrons. The highest BCUT2D eigenvalue weighted by atomic mass is 127. The van der Waals surface area contributed by atoms with Crippen LogP contribution in [0.5, 0.6) is 17.2 Å². The maximum atomic E-state index is 12.9. The summed E-state index contributed by atoms with van der Waals surface area (Å²) in [5, 5.41) is 3.69. The molecule has 2 heterocycles. The number of nitrogens with zero attached hydrogens (tertiary/aromatic N) is 1. The Morgan fingerprint density at radius 1 is 0.927 bits per heavy atom. The van der Waals surface area contributed by atoms with E-state index in [0.717, 1.165) is 43.9 Å². The lowest BCUT2D eigenvalue weighted by molar-refractivity contribution is 0.0734. The Labute approximate surface area is 254 Å². The van der Waals surface area contributed by atoms with Crippen molar-refractivity contribution in [3.05, 3.63) is 107 Å². The topological polar surface area (TPSA) is 60.0 Å². The van der Waals surface area contributed by atoms with Gasteiger partial charge in [0.15, 0.2) is 0 Å². The summed E-state index contributed by atoms with van der Waals surface area (Å²) in [6.45, 7) is 5.03. The molecule has 7 heteroatoms. The zero-order chi connectivity index (χ0) is 28.7. The van der Waals surface area contributed by atoms with Crippen molar-refractivity contribution in [2.75, 3.05) is 24.4 Å². The molecule has 41 heavy (non-hydrogen) atoms. The van der Waals surface area contributed by atoms with Gasteiger partial charge in [0.1, 0.15) is 17.2 Å². The lowest BCUT2D eigenvalue weighted by atomic mass is 9.89. The van der Waals surface area contributed by atoms with E-state index >= 15 is 0 Å². The number of hydrogen-bond donors (Lipinski definition) is 1. The second-order valence-electron chi connectivity index (χ2n) is 10.7. The summed E-state index contributed by atoms with van der Waals surface area (Å²) in [7, 11) is 3.35. The highest BCUT2D eigenvalue weighted by Gasteiger charge is 2.37. The molecule has 0 unspecified atom stereocenters. The highest BCUT2D eigenvalue weighted by molar-refractivity contribution is 14.1. The van der Waals surface area contributed by atoms with Crippen LogP contribution in [0.3, 0.4) is 0 Å². The smallest absolute Gasteiger partial charge is 0.343 e. The van der Waals surface area contributed by atoms with E-state index in [0.29, 0.717) is 23.6 Å². The Kier molecular flexibility index (Phi) is 7.15. The van der Waals surface area contributed by atoms with E-state index in [2.05, 4.69) is 70.9 Å². The average molecular weight is 659 g/mol. The fourth-order valence-corrected chi connectivity index (χ4v) is 6.16. The summed E-state index contributed by atoms with van der Waals surface area (Å²) >= 11 is 2.28. The second kappa shape index (κ2) is 10.8. The second-order valence-corrected chi connectivity index (χ2v) is 11.5. The highest BCUT2D eigenvalue weighted by Crippen LogP contribution is 2.51. The van der Waals surface area contributed by atoms with Crippen molar-refractivity contribution in [3.8, 4) is 28.4 Å². The number of rotatable bonds is 7. The minimum absolute atomic E-state index is 0.217. The quantitative estimate of drug-likeness (QED) is 0.0938. The lowest BCUT2D eigenvalue weighted by Crippen LogP contribution is -2.33. The minimum atomic E-state index is -0.394. The molecule has 0 fully saturated rings. The van der Waals surface area contributed by atoms with Crippen molar-refractivity contribution in [1.82, 2.24) is 0 Å². The van der Waals surface area contributed by atoms with Crippen molar-refractivity contribution < 1.29 is 19.0 Å². The summed E-state index contributed by atoms with van der Waals surface area (Å²) in [4.78, 5) is 15.2. The van der Waals surface area contributed by atoms with Crippen molar-refractivity contribution in [3.63, 3.8) is 0 Å². The molecule has 2 aliphatic rings. The van der Waals surface area contributed by atoms with Crippen molar-refractivity contribution in [2.24, 2.45) is 0 Å². The number of carbonyl (C=O) groups excluding carboxylic acids is 1. The Morgan fingerprint density at radius 2 is 1.71 bits per heavy atom. The maximum Gasteiger partial charge on any atom is 0.343 e. The van der Waals surface area contributed by atoms with E-state index in [1.54, 1.807) is 26.4 Å². The number of alkyl halides is 1. The minimum Gasteiger partial charge on any atom is -0.496 e. The molecule has 0 aliphatic carbocycles. The van der Waals surface area contributed by atoms with E-state index in [9.17, 15) is 4.79 Å². The average Bonchev–Trinajstić information content (AvgIpc) is 3.36. The number of ether oxygens (including phenoxy) is 3. The van der Waals surface area contributed by atoms with E-state index in [4.69, 9.17) is 14.2 Å². The van der Waals surface area contributed by atoms with Gasteiger partial charge in [0.05, 0.1) is 31.0 Å². The molecule has 4 aromatic carbocycles. The first kappa shape index (κ1) is 27.2. The summed E-state index contributed by atoms with van der Waals surface area (Å²) in [6.07, 6.45) is 2.29. The van der Waals surface area contributed by atoms with E-state index in [-0.39, 0.29) is 5.54 Å². The molecular formula is C34H31IN2O4. The van der Waals surface area contributed by atoms with Crippen LogP contribution < -0.4 is 24.4 Å².